The minimum atomic E-state index is 0.669. The Labute approximate surface area is 128 Å². The van der Waals surface area contributed by atoms with Crippen molar-refractivity contribution in [2.45, 2.75) is 19.4 Å². The first-order chi connectivity index (χ1) is 9.24. The highest BCUT2D eigenvalue weighted by Gasteiger charge is 2.00. The van der Waals surface area contributed by atoms with Crippen LogP contribution in [0, 0.1) is 0 Å². The van der Waals surface area contributed by atoms with Crippen molar-refractivity contribution in [1.82, 2.24) is 5.32 Å². The maximum Gasteiger partial charge on any atom is 0.0700 e. The van der Waals surface area contributed by atoms with Gasteiger partial charge in [0.25, 0.3) is 0 Å². The van der Waals surface area contributed by atoms with Gasteiger partial charge < -0.3 is 14.8 Å². The molecule has 0 aromatic heterocycles. The Hall–Kier alpha value is -0.130. The van der Waals surface area contributed by atoms with Crippen LogP contribution in [0.4, 0.5) is 0 Å². The van der Waals surface area contributed by atoms with Gasteiger partial charge in [-0.1, -0.05) is 33.6 Å². The van der Waals surface area contributed by atoms with Gasteiger partial charge in [-0.3, -0.25) is 0 Å². The second kappa shape index (κ2) is 10.6. The Morgan fingerprint density at radius 3 is 2.79 bits per heavy atom. The third kappa shape index (κ3) is 7.90. The highest BCUT2D eigenvalue weighted by Crippen LogP contribution is 2.21. The van der Waals surface area contributed by atoms with Gasteiger partial charge in [-0.25, -0.2) is 0 Å². The fourth-order valence-electron chi connectivity index (χ4n) is 1.59. The van der Waals surface area contributed by atoms with E-state index in [0.717, 1.165) is 42.0 Å². The number of hydrogen-bond acceptors (Lipinski definition) is 3. The Bertz CT molecular complexity index is 363. The van der Waals surface area contributed by atoms with Gasteiger partial charge in [-0.15, -0.1) is 0 Å². The molecule has 108 valence electrons. The predicted molar refractivity (Wildman–Crippen MR) is 82.8 cm³/mol. The summed E-state index contributed by atoms with van der Waals surface area (Å²) in [6.07, 6.45) is 2.18. The van der Waals surface area contributed by atoms with Crippen molar-refractivity contribution in [2.24, 2.45) is 0 Å². The minimum Gasteiger partial charge on any atom is -0.382 e. The second-order valence-corrected chi connectivity index (χ2v) is 5.52. The largest absolute Gasteiger partial charge is 0.382 e. The average molecular weight is 351 g/mol. The summed E-state index contributed by atoms with van der Waals surface area (Å²) in [5.74, 6) is 0. The summed E-state index contributed by atoms with van der Waals surface area (Å²) in [6.45, 7) is 3.99. The monoisotopic (exact) mass is 349 g/mol. The Morgan fingerprint density at radius 1 is 1.21 bits per heavy atom. The van der Waals surface area contributed by atoms with Gasteiger partial charge >= 0.3 is 0 Å². The zero-order chi connectivity index (χ0) is 13.9. The first-order valence-corrected chi connectivity index (χ1v) is 7.62. The molecule has 1 rings (SSSR count). The molecule has 0 spiro atoms. The average Bonchev–Trinajstić information content (AvgIpc) is 2.39. The van der Waals surface area contributed by atoms with E-state index in [2.05, 4.69) is 21.2 Å². The predicted octanol–water partition coefficient (Wildman–Crippen LogP) is 3.64. The summed E-state index contributed by atoms with van der Waals surface area (Å²) in [4.78, 5) is 0. The smallest absolute Gasteiger partial charge is 0.0700 e. The van der Waals surface area contributed by atoms with Gasteiger partial charge in [0.2, 0.25) is 0 Å². The number of halogens is 2. The molecule has 0 fully saturated rings. The number of benzene rings is 1. The van der Waals surface area contributed by atoms with E-state index in [0.29, 0.717) is 13.2 Å². The van der Waals surface area contributed by atoms with Crippen molar-refractivity contribution in [2.75, 3.05) is 33.5 Å². The van der Waals surface area contributed by atoms with Crippen LogP contribution in [0.3, 0.4) is 0 Å². The highest BCUT2D eigenvalue weighted by atomic mass is 79.9. The van der Waals surface area contributed by atoms with Gasteiger partial charge in [0.1, 0.15) is 0 Å². The van der Waals surface area contributed by atoms with Crippen LogP contribution >= 0.6 is 27.5 Å². The summed E-state index contributed by atoms with van der Waals surface area (Å²) in [5.41, 5.74) is 1.22. The number of unbranched alkanes of at least 4 members (excludes halogenated alkanes) is 1. The van der Waals surface area contributed by atoms with E-state index in [4.69, 9.17) is 21.1 Å². The molecule has 0 bridgehead atoms. The molecule has 3 nitrogen and oxygen atoms in total. The summed E-state index contributed by atoms with van der Waals surface area (Å²) >= 11 is 9.41. The number of hydrogen-bond donors (Lipinski definition) is 1. The molecule has 0 unspecified atom stereocenters. The van der Waals surface area contributed by atoms with Crippen LogP contribution in [0.1, 0.15) is 18.4 Å². The molecule has 1 N–H and O–H groups in total. The zero-order valence-corrected chi connectivity index (χ0v) is 13.6. The molecule has 0 saturated carbocycles. The van der Waals surface area contributed by atoms with E-state index < -0.39 is 0 Å². The first-order valence-electron chi connectivity index (χ1n) is 6.45. The summed E-state index contributed by atoms with van der Waals surface area (Å²) in [5, 5.41) is 4.16. The van der Waals surface area contributed by atoms with Gasteiger partial charge in [0.15, 0.2) is 0 Å². The van der Waals surface area contributed by atoms with Crippen molar-refractivity contribution in [3.8, 4) is 0 Å². The molecule has 1 aromatic rings. The topological polar surface area (TPSA) is 30.5 Å². The van der Waals surface area contributed by atoms with Crippen LogP contribution in [0.5, 0.6) is 0 Å². The molecule has 0 aliphatic heterocycles. The molecule has 5 heteroatoms. The SMILES string of the molecule is COCCOCCCCNCc1ccc(Cl)cc1Br. The van der Waals surface area contributed by atoms with Gasteiger partial charge in [-0.05, 0) is 37.1 Å². The molecule has 0 aliphatic carbocycles. The summed E-state index contributed by atoms with van der Waals surface area (Å²) in [6, 6.07) is 5.86. The third-order valence-corrected chi connectivity index (χ3v) is 3.63. The van der Waals surface area contributed by atoms with Gasteiger partial charge in [0, 0.05) is 29.8 Å². The molecule has 0 saturated heterocycles. The molecular weight excluding hydrogens is 330 g/mol. The lowest BCUT2D eigenvalue weighted by Crippen LogP contribution is -2.15. The van der Waals surface area contributed by atoms with Crippen LogP contribution in [-0.4, -0.2) is 33.5 Å². The third-order valence-electron chi connectivity index (χ3n) is 2.65. The zero-order valence-electron chi connectivity index (χ0n) is 11.3. The fourth-order valence-corrected chi connectivity index (χ4v) is 2.41. The normalized spacial score (nSPS) is 10.9. The molecule has 0 radical (unpaired) electrons. The lowest BCUT2D eigenvalue weighted by molar-refractivity contribution is 0.0688. The van der Waals surface area contributed by atoms with E-state index in [1.54, 1.807) is 7.11 Å². The summed E-state index contributed by atoms with van der Waals surface area (Å²) < 4.78 is 11.4. The van der Waals surface area contributed by atoms with Crippen molar-refractivity contribution >= 4 is 27.5 Å². The highest BCUT2D eigenvalue weighted by molar-refractivity contribution is 9.10. The second-order valence-electron chi connectivity index (χ2n) is 4.22. The molecule has 0 heterocycles. The number of rotatable bonds is 10. The standard InChI is InChI=1S/C14H21BrClNO2/c1-18-8-9-19-7-3-2-6-17-11-12-4-5-13(16)10-14(12)15/h4-5,10,17H,2-3,6-9,11H2,1H3. The quantitative estimate of drug-likeness (QED) is 0.654. The minimum absolute atomic E-state index is 0.669. The maximum atomic E-state index is 5.90. The number of methoxy groups -OCH3 is 1. The summed E-state index contributed by atoms with van der Waals surface area (Å²) in [7, 11) is 1.68. The lowest BCUT2D eigenvalue weighted by atomic mass is 10.2. The maximum absolute atomic E-state index is 5.90. The van der Waals surface area contributed by atoms with Gasteiger partial charge in [-0.2, -0.15) is 0 Å². The number of ether oxygens (including phenoxy) is 2. The number of nitrogens with one attached hydrogen (secondary N) is 1. The Kier molecular flexibility index (Phi) is 9.47. The first kappa shape index (κ1) is 16.9. The van der Waals surface area contributed by atoms with Crippen molar-refractivity contribution < 1.29 is 9.47 Å². The van der Waals surface area contributed by atoms with E-state index in [9.17, 15) is 0 Å². The van der Waals surface area contributed by atoms with Gasteiger partial charge in [0.05, 0.1) is 13.2 Å². The fraction of sp³-hybridized carbons (Fsp3) is 0.571. The lowest BCUT2D eigenvalue weighted by Gasteiger charge is -2.07. The molecule has 0 aliphatic rings. The van der Waals surface area contributed by atoms with E-state index in [1.807, 2.05) is 18.2 Å². The van der Waals surface area contributed by atoms with Crippen LogP contribution < -0.4 is 5.32 Å². The van der Waals surface area contributed by atoms with E-state index in [-0.39, 0.29) is 0 Å². The molecule has 19 heavy (non-hydrogen) atoms. The van der Waals surface area contributed by atoms with Crippen molar-refractivity contribution in [3.05, 3.63) is 33.3 Å². The molecule has 1 aromatic carbocycles. The Morgan fingerprint density at radius 2 is 2.05 bits per heavy atom. The van der Waals surface area contributed by atoms with Crippen LogP contribution in [0.15, 0.2) is 22.7 Å². The molecule has 0 atom stereocenters. The Balaban J connectivity index is 2.01. The van der Waals surface area contributed by atoms with Crippen LogP contribution in [-0.2, 0) is 16.0 Å². The van der Waals surface area contributed by atoms with E-state index >= 15 is 0 Å². The van der Waals surface area contributed by atoms with Crippen molar-refractivity contribution in [3.63, 3.8) is 0 Å². The molecular formula is C14H21BrClNO2. The van der Waals surface area contributed by atoms with Crippen LogP contribution in [0.2, 0.25) is 5.02 Å². The van der Waals surface area contributed by atoms with Crippen LogP contribution in [0.25, 0.3) is 0 Å². The van der Waals surface area contributed by atoms with Crippen molar-refractivity contribution in [1.29, 1.82) is 0 Å². The van der Waals surface area contributed by atoms with E-state index in [1.165, 1.54) is 5.56 Å². The molecule has 0 amide bonds.